The minimum Gasteiger partial charge on any atom is -0.342 e. The van der Waals surface area contributed by atoms with Gasteiger partial charge < -0.3 is 5.32 Å². The number of nitro benzene ring substituents is 3. The van der Waals surface area contributed by atoms with Crippen LogP contribution in [0.15, 0.2) is 33.2 Å². The summed E-state index contributed by atoms with van der Waals surface area (Å²) in [5, 5.41) is 35.8. The van der Waals surface area contributed by atoms with E-state index in [1.807, 2.05) is 0 Å². The SMILES string of the molecule is O=[N+]([O-])c1cc([N+](=O)[O-])c(Nc2c(Br)cc(F)cc2Br)c([N+](=O)[O-])c1. The lowest BCUT2D eigenvalue weighted by molar-refractivity contribution is -0.401. The first-order chi connectivity index (χ1) is 11.6. The molecule has 0 radical (unpaired) electrons. The van der Waals surface area contributed by atoms with Crippen molar-refractivity contribution in [3.05, 3.63) is 69.4 Å². The van der Waals surface area contributed by atoms with Crippen molar-refractivity contribution in [3.8, 4) is 0 Å². The standard InChI is InChI=1S/C12H5Br2FN4O6/c13-7-1-5(15)2-8(14)11(7)16-12-9(18(22)23)3-6(17(20)21)4-10(12)19(24)25/h1-4,16H. The molecule has 0 spiro atoms. The first-order valence-corrected chi connectivity index (χ1v) is 7.73. The van der Waals surface area contributed by atoms with Gasteiger partial charge in [0.2, 0.25) is 0 Å². The molecule has 0 amide bonds. The fraction of sp³-hybridized carbons (Fsp3) is 0. The number of hydrogen-bond acceptors (Lipinski definition) is 7. The third-order valence-electron chi connectivity index (χ3n) is 2.94. The second-order valence-corrected chi connectivity index (χ2v) is 6.21. The smallest absolute Gasteiger partial charge is 0.306 e. The van der Waals surface area contributed by atoms with Gasteiger partial charge in [0.25, 0.3) is 5.69 Å². The highest BCUT2D eigenvalue weighted by molar-refractivity contribution is 9.11. The lowest BCUT2D eigenvalue weighted by atomic mass is 10.2. The van der Waals surface area contributed by atoms with Gasteiger partial charge in [0.1, 0.15) is 5.82 Å². The van der Waals surface area contributed by atoms with Crippen LogP contribution < -0.4 is 5.32 Å². The number of benzene rings is 2. The molecule has 1 N–H and O–H groups in total. The number of nitrogens with zero attached hydrogens (tertiary/aromatic N) is 3. The van der Waals surface area contributed by atoms with E-state index in [0.29, 0.717) is 12.1 Å². The predicted molar refractivity (Wildman–Crippen MR) is 91.5 cm³/mol. The van der Waals surface area contributed by atoms with Gasteiger partial charge in [-0.25, -0.2) is 4.39 Å². The van der Waals surface area contributed by atoms with E-state index in [1.165, 1.54) is 0 Å². The molecule has 13 heteroatoms. The summed E-state index contributed by atoms with van der Waals surface area (Å²) in [7, 11) is 0. The summed E-state index contributed by atoms with van der Waals surface area (Å²) in [5.41, 5.74) is -3.05. The van der Waals surface area contributed by atoms with Gasteiger partial charge in [0.05, 0.1) is 32.6 Å². The molecule has 0 aromatic heterocycles. The van der Waals surface area contributed by atoms with Crippen molar-refractivity contribution in [3.63, 3.8) is 0 Å². The molecule has 0 saturated heterocycles. The van der Waals surface area contributed by atoms with Gasteiger partial charge in [0, 0.05) is 8.95 Å². The summed E-state index contributed by atoms with van der Waals surface area (Å²) in [6.45, 7) is 0. The van der Waals surface area contributed by atoms with E-state index < -0.39 is 43.3 Å². The third-order valence-corrected chi connectivity index (χ3v) is 4.19. The highest BCUT2D eigenvalue weighted by Gasteiger charge is 2.31. The van der Waals surface area contributed by atoms with E-state index in [4.69, 9.17) is 0 Å². The van der Waals surface area contributed by atoms with Gasteiger partial charge in [-0.05, 0) is 44.0 Å². The average molecular weight is 480 g/mol. The van der Waals surface area contributed by atoms with Crippen molar-refractivity contribution in [2.24, 2.45) is 0 Å². The molecule has 2 aromatic rings. The molecule has 0 aliphatic heterocycles. The molecule has 0 aliphatic carbocycles. The number of hydrogen-bond donors (Lipinski definition) is 1. The van der Waals surface area contributed by atoms with Crippen LogP contribution in [0.25, 0.3) is 0 Å². The molecule has 0 atom stereocenters. The molecule has 130 valence electrons. The molecule has 2 rings (SSSR count). The maximum atomic E-state index is 13.3. The second kappa shape index (κ2) is 7.06. The number of non-ortho nitro benzene ring substituents is 1. The van der Waals surface area contributed by atoms with Crippen LogP contribution in [-0.4, -0.2) is 14.8 Å². The number of rotatable bonds is 5. The minimum atomic E-state index is -0.992. The van der Waals surface area contributed by atoms with Crippen LogP contribution in [0.3, 0.4) is 0 Å². The van der Waals surface area contributed by atoms with Crippen LogP contribution >= 0.6 is 31.9 Å². The maximum absolute atomic E-state index is 13.3. The van der Waals surface area contributed by atoms with Gasteiger partial charge in [-0.3, -0.25) is 30.3 Å². The van der Waals surface area contributed by atoms with Crippen molar-refractivity contribution in [2.75, 3.05) is 5.32 Å². The Kier molecular flexibility index (Phi) is 5.27. The second-order valence-electron chi connectivity index (χ2n) is 4.50. The Morgan fingerprint density at radius 2 is 1.24 bits per heavy atom. The normalized spacial score (nSPS) is 10.4. The largest absolute Gasteiger partial charge is 0.342 e. The lowest BCUT2D eigenvalue weighted by Crippen LogP contribution is -2.04. The molecule has 0 fully saturated rings. The zero-order chi connectivity index (χ0) is 18.9. The van der Waals surface area contributed by atoms with E-state index in [2.05, 4.69) is 37.2 Å². The van der Waals surface area contributed by atoms with Crippen molar-refractivity contribution in [1.29, 1.82) is 0 Å². The zero-order valence-electron chi connectivity index (χ0n) is 11.7. The Labute approximate surface area is 154 Å². The summed E-state index contributed by atoms with van der Waals surface area (Å²) in [6, 6.07) is 3.27. The Morgan fingerprint density at radius 1 is 0.800 bits per heavy atom. The van der Waals surface area contributed by atoms with E-state index >= 15 is 0 Å². The molecule has 0 aliphatic rings. The predicted octanol–water partition coefficient (Wildman–Crippen LogP) is 4.82. The van der Waals surface area contributed by atoms with Gasteiger partial charge >= 0.3 is 11.4 Å². The monoisotopic (exact) mass is 478 g/mol. The maximum Gasteiger partial charge on any atom is 0.306 e. The van der Waals surface area contributed by atoms with Crippen LogP contribution in [0, 0.1) is 36.2 Å². The zero-order valence-corrected chi connectivity index (χ0v) is 14.9. The van der Waals surface area contributed by atoms with Crippen molar-refractivity contribution < 1.29 is 19.2 Å². The summed E-state index contributed by atoms with van der Waals surface area (Å²) >= 11 is 6.07. The summed E-state index contributed by atoms with van der Waals surface area (Å²) in [6.07, 6.45) is 0. The minimum absolute atomic E-state index is 0.0708. The quantitative estimate of drug-likeness (QED) is 0.478. The van der Waals surface area contributed by atoms with Gasteiger partial charge in [-0.2, -0.15) is 0 Å². The molecule has 0 heterocycles. The highest BCUT2D eigenvalue weighted by Crippen LogP contribution is 2.43. The lowest BCUT2D eigenvalue weighted by Gasteiger charge is -2.11. The number of nitrogens with one attached hydrogen (secondary N) is 1. The summed E-state index contributed by atoms with van der Waals surface area (Å²) in [4.78, 5) is 30.3. The first-order valence-electron chi connectivity index (χ1n) is 6.14. The van der Waals surface area contributed by atoms with Crippen LogP contribution in [-0.2, 0) is 0 Å². The van der Waals surface area contributed by atoms with Crippen LogP contribution in [0.1, 0.15) is 0 Å². The molecule has 2 aromatic carbocycles. The Morgan fingerprint density at radius 3 is 1.60 bits per heavy atom. The number of halogens is 3. The Bertz CT molecular complexity index is 864. The van der Waals surface area contributed by atoms with Crippen LogP contribution in [0.4, 0.5) is 32.8 Å². The molecular weight excluding hydrogens is 475 g/mol. The van der Waals surface area contributed by atoms with Gasteiger partial charge in [-0.1, -0.05) is 0 Å². The highest BCUT2D eigenvalue weighted by atomic mass is 79.9. The van der Waals surface area contributed by atoms with Crippen molar-refractivity contribution >= 4 is 60.3 Å². The van der Waals surface area contributed by atoms with Crippen molar-refractivity contribution in [1.82, 2.24) is 0 Å². The van der Waals surface area contributed by atoms with Crippen LogP contribution in [0.5, 0.6) is 0 Å². The third kappa shape index (κ3) is 3.88. The molecule has 0 saturated carbocycles. The van der Waals surface area contributed by atoms with E-state index in [-0.39, 0.29) is 14.6 Å². The first kappa shape index (κ1) is 18.7. The number of anilines is 2. The Hall–Kier alpha value is -2.67. The van der Waals surface area contributed by atoms with Gasteiger partial charge in [0.15, 0.2) is 5.69 Å². The Balaban J connectivity index is 2.74. The molecule has 0 unspecified atom stereocenters. The topological polar surface area (TPSA) is 141 Å². The average Bonchev–Trinajstić information content (AvgIpc) is 2.49. The molecule has 0 bridgehead atoms. The van der Waals surface area contributed by atoms with E-state index in [9.17, 15) is 34.7 Å². The fourth-order valence-electron chi connectivity index (χ4n) is 1.91. The molecular formula is C12H5Br2FN4O6. The fourth-order valence-corrected chi connectivity index (χ4v) is 3.23. The van der Waals surface area contributed by atoms with Crippen molar-refractivity contribution in [2.45, 2.75) is 0 Å². The number of nitro groups is 3. The molecule has 10 nitrogen and oxygen atoms in total. The summed E-state index contributed by atoms with van der Waals surface area (Å²) in [5.74, 6) is -0.628. The summed E-state index contributed by atoms with van der Waals surface area (Å²) < 4.78 is 13.6. The van der Waals surface area contributed by atoms with Gasteiger partial charge in [-0.15, -0.1) is 0 Å². The van der Waals surface area contributed by atoms with E-state index in [1.54, 1.807) is 0 Å². The van der Waals surface area contributed by atoms with E-state index in [0.717, 1.165) is 12.1 Å². The van der Waals surface area contributed by atoms with Crippen LogP contribution in [0.2, 0.25) is 0 Å². The molecule has 25 heavy (non-hydrogen) atoms.